The van der Waals surface area contributed by atoms with Gasteiger partial charge >= 0.3 is 6.03 Å². The first-order chi connectivity index (χ1) is 13.9. The SMILES string of the molecule is C[C@@H]1CN2c3ccc(-n4cnnn4)cc3CC3(C(=O)NC(=O)NC3=O)[C@H]2[C@H](C)O1. The van der Waals surface area contributed by atoms with Crippen LogP contribution in [0.4, 0.5) is 10.5 Å². The van der Waals surface area contributed by atoms with Crippen LogP contribution in [0.5, 0.6) is 0 Å². The van der Waals surface area contributed by atoms with Crippen LogP contribution in [0.25, 0.3) is 5.69 Å². The molecule has 1 aromatic carbocycles. The highest BCUT2D eigenvalue weighted by atomic mass is 16.5. The molecule has 0 radical (unpaired) electrons. The van der Waals surface area contributed by atoms with Gasteiger partial charge in [-0.3, -0.25) is 20.2 Å². The zero-order valence-corrected chi connectivity index (χ0v) is 15.8. The van der Waals surface area contributed by atoms with Crippen LogP contribution in [0.1, 0.15) is 19.4 Å². The monoisotopic (exact) mass is 397 g/mol. The number of nitrogens with zero attached hydrogens (tertiary/aromatic N) is 5. The van der Waals surface area contributed by atoms with Gasteiger partial charge in [0.2, 0.25) is 11.8 Å². The lowest BCUT2D eigenvalue weighted by Gasteiger charge is -2.55. The number of carbonyl (C=O) groups excluding carboxylic acids is 3. The Kier molecular flexibility index (Phi) is 3.72. The van der Waals surface area contributed by atoms with Crippen molar-refractivity contribution in [2.75, 3.05) is 11.4 Å². The molecule has 11 heteroatoms. The largest absolute Gasteiger partial charge is 0.372 e. The number of carbonyl (C=O) groups is 3. The molecule has 0 aliphatic carbocycles. The van der Waals surface area contributed by atoms with Gasteiger partial charge in [0.1, 0.15) is 6.33 Å². The number of tetrazole rings is 1. The molecule has 11 nitrogen and oxygen atoms in total. The molecule has 1 aromatic heterocycles. The van der Waals surface area contributed by atoms with Crippen LogP contribution >= 0.6 is 0 Å². The van der Waals surface area contributed by atoms with E-state index in [1.54, 1.807) is 0 Å². The summed E-state index contributed by atoms with van der Waals surface area (Å²) in [4.78, 5) is 39.9. The number of fused-ring (bicyclic) bond motifs is 4. The summed E-state index contributed by atoms with van der Waals surface area (Å²) in [5.41, 5.74) is 0.955. The number of hydrogen-bond acceptors (Lipinski definition) is 8. The molecule has 1 spiro atoms. The van der Waals surface area contributed by atoms with E-state index in [4.69, 9.17) is 4.74 Å². The van der Waals surface area contributed by atoms with Crippen molar-refractivity contribution in [3.63, 3.8) is 0 Å². The fourth-order valence-corrected chi connectivity index (χ4v) is 4.86. The van der Waals surface area contributed by atoms with Gasteiger partial charge in [0, 0.05) is 12.2 Å². The van der Waals surface area contributed by atoms with Crippen LogP contribution < -0.4 is 15.5 Å². The van der Waals surface area contributed by atoms with Crippen LogP contribution in [0.2, 0.25) is 0 Å². The Morgan fingerprint density at radius 3 is 2.62 bits per heavy atom. The van der Waals surface area contributed by atoms with Gasteiger partial charge in [-0.15, -0.1) is 5.10 Å². The lowest BCUT2D eigenvalue weighted by atomic mass is 9.66. The number of nitrogens with one attached hydrogen (secondary N) is 2. The third-order valence-electron chi connectivity index (χ3n) is 5.91. The number of amides is 4. The Morgan fingerprint density at radius 1 is 1.17 bits per heavy atom. The number of barbiturate groups is 1. The maximum atomic E-state index is 13.1. The fourth-order valence-electron chi connectivity index (χ4n) is 4.86. The summed E-state index contributed by atoms with van der Waals surface area (Å²) in [7, 11) is 0. The zero-order valence-electron chi connectivity index (χ0n) is 15.8. The predicted molar refractivity (Wildman–Crippen MR) is 98.1 cm³/mol. The van der Waals surface area contributed by atoms with Gasteiger partial charge in [-0.2, -0.15) is 0 Å². The highest BCUT2D eigenvalue weighted by Gasteiger charge is 2.62. The summed E-state index contributed by atoms with van der Waals surface area (Å²) in [6, 6.07) is 4.35. The van der Waals surface area contributed by atoms with E-state index in [1.807, 2.05) is 32.0 Å². The maximum Gasteiger partial charge on any atom is 0.328 e. The number of ether oxygens (including phenoxy) is 1. The predicted octanol–water partition coefficient (Wildman–Crippen LogP) is -0.447. The maximum absolute atomic E-state index is 13.1. The van der Waals surface area contributed by atoms with E-state index in [0.717, 1.165) is 11.3 Å². The summed E-state index contributed by atoms with van der Waals surface area (Å²) in [6.07, 6.45) is 1.13. The highest BCUT2D eigenvalue weighted by molar-refractivity contribution is 6.20. The van der Waals surface area contributed by atoms with Gasteiger partial charge in [0.15, 0.2) is 5.41 Å². The average molecular weight is 397 g/mol. The van der Waals surface area contributed by atoms with E-state index in [2.05, 4.69) is 31.1 Å². The highest BCUT2D eigenvalue weighted by Crippen LogP contribution is 2.46. The van der Waals surface area contributed by atoms with E-state index in [0.29, 0.717) is 12.2 Å². The second-order valence-electron chi connectivity index (χ2n) is 7.70. The Labute approximate surface area is 165 Å². The molecule has 0 bridgehead atoms. The van der Waals surface area contributed by atoms with Gasteiger partial charge in [0.25, 0.3) is 0 Å². The van der Waals surface area contributed by atoms with E-state index >= 15 is 0 Å². The Morgan fingerprint density at radius 2 is 1.93 bits per heavy atom. The molecular weight excluding hydrogens is 378 g/mol. The standard InChI is InChI=1S/C18H19N7O4/c1-9-7-24-13-4-3-12(25-8-19-22-23-25)5-11(13)6-18(14(24)10(2)29-9)15(26)20-17(28)21-16(18)27/h3-5,8-10,14H,6-7H2,1-2H3,(H2,20,21,26,27,28)/t9-,10+,14-/m1/s1. The van der Waals surface area contributed by atoms with Crippen LogP contribution in [0.15, 0.2) is 24.5 Å². The van der Waals surface area contributed by atoms with Gasteiger partial charge in [-0.1, -0.05) is 0 Å². The minimum Gasteiger partial charge on any atom is -0.372 e. The van der Waals surface area contributed by atoms with Gasteiger partial charge in [0.05, 0.1) is 23.9 Å². The quantitative estimate of drug-likeness (QED) is 0.619. The summed E-state index contributed by atoms with van der Waals surface area (Å²) in [5.74, 6) is -1.21. The summed E-state index contributed by atoms with van der Waals surface area (Å²) in [5, 5.41) is 15.8. The Hall–Kier alpha value is -3.34. The summed E-state index contributed by atoms with van der Waals surface area (Å²) in [6.45, 7) is 4.32. The molecule has 2 aromatic rings. The molecule has 2 N–H and O–H groups in total. The molecule has 4 heterocycles. The van der Waals surface area contributed by atoms with E-state index in [1.165, 1.54) is 11.0 Å². The number of aromatic nitrogens is 4. The molecule has 150 valence electrons. The summed E-state index contributed by atoms with van der Waals surface area (Å²) >= 11 is 0. The fraction of sp³-hybridized carbons (Fsp3) is 0.444. The number of urea groups is 1. The van der Waals surface area contributed by atoms with Crippen LogP contribution in [0.3, 0.4) is 0 Å². The first-order valence-electron chi connectivity index (χ1n) is 9.35. The molecule has 3 atom stereocenters. The molecule has 3 aliphatic rings. The number of morpholine rings is 1. The van der Waals surface area contributed by atoms with Crippen LogP contribution in [-0.2, 0) is 20.7 Å². The molecule has 4 amide bonds. The number of imide groups is 2. The zero-order chi connectivity index (χ0) is 20.3. The normalized spacial score (nSPS) is 27.9. The Balaban J connectivity index is 1.69. The molecule has 2 saturated heterocycles. The number of benzene rings is 1. The van der Waals surface area contributed by atoms with Gasteiger partial charge in [-0.25, -0.2) is 9.48 Å². The van der Waals surface area contributed by atoms with Crippen LogP contribution in [-0.4, -0.2) is 62.8 Å². The number of anilines is 1. The van der Waals surface area contributed by atoms with Crippen molar-refractivity contribution in [3.8, 4) is 5.69 Å². The minimum atomic E-state index is -1.49. The number of rotatable bonds is 1. The third kappa shape index (κ3) is 2.47. The first-order valence-corrected chi connectivity index (χ1v) is 9.35. The number of hydrogen-bond donors (Lipinski definition) is 2. The first kappa shape index (κ1) is 17.7. The van der Waals surface area contributed by atoms with Crippen LogP contribution in [0, 0.1) is 5.41 Å². The molecule has 0 saturated carbocycles. The molecule has 5 rings (SSSR count). The molecule has 0 unspecified atom stereocenters. The molecule has 29 heavy (non-hydrogen) atoms. The van der Waals surface area contributed by atoms with E-state index in [9.17, 15) is 14.4 Å². The lowest BCUT2D eigenvalue weighted by molar-refractivity contribution is -0.153. The van der Waals surface area contributed by atoms with Crippen molar-refractivity contribution < 1.29 is 19.1 Å². The van der Waals surface area contributed by atoms with Crippen molar-refractivity contribution >= 4 is 23.5 Å². The molecule has 3 aliphatic heterocycles. The van der Waals surface area contributed by atoms with Gasteiger partial charge in [-0.05, 0) is 54.5 Å². The van der Waals surface area contributed by atoms with Crippen molar-refractivity contribution in [2.24, 2.45) is 5.41 Å². The van der Waals surface area contributed by atoms with Crippen molar-refractivity contribution in [3.05, 3.63) is 30.1 Å². The second kappa shape index (κ2) is 6.08. The van der Waals surface area contributed by atoms with Gasteiger partial charge < -0.3 is 9.64 Å². The Bertz CT molecular complexity index is 1000. The average Bonchev–Trinajstić information content (AvgIpc) is 3.20. The minimum absolute atomic E-state index is 0.0835. The molecular formula is C18H19N7O4. The lowest BCUT2D eigenvalue weighted by Crippen LogP contribution is -2.75. The summed E-state index contributed by atoms with van der Waals surface area (Å²) < 4.78 is 7.50. The van der Waals surface area contributed by atoms with E-state index < -0.39 is 35.4 Å². The smallest absolute Gasteiger partial charge is 0.328 e. The topological polar surface area (TPSA) is 131 Å². The third-order valence-corrected chi connectivity index (χ3v) is 5.91. The van der Waals surface area contributed by atoms with Crippen molar-refractivity contribution in [1.82, 2.24) is 30.8 Å². The van der Waals surface area contributed by atoms with Crippen molar-refractivity contribution in [1.29, 1.82) is 0 Å². The molecule has 2 fully saturated rings. The van der Waals surface area contributed by atoms with E-state index in [-0.39, 0.29) is 12.5 Å². The van der Waals surface area contributed by atoms with Crippen molar-refractivity contribution in [2.45, 2.75) is 38.5 Å². The second-order valence-corrected chi connectivity index (χ2v) is 7.70.